The Balaban J connectivity index is 1.31. The second-order valence-electron chi connectivity index (χ2n) is 9.63. The van der Waals surface area contributed by atoms with Crippen LogP contribution in [0.1, 0.15) is 68.4 Å². The SMILES string of the molecule is Cc1ccc2nc(-c3cc(C4CCCC(C(=O)N5CCCC5)CCC4)ccc3Cl)[nH]c2c1. The molecule has 1 N–H and O–H groups in total. The van der Waals surface area contributed by atoms with E-state index in [1.54, 1.807) is 0 Å². The lowest BCUT2D eigenvalue weighted by atomic mass is 9.81. The number of aromatic amines is 1. The van der Waals surface area contributed by atoms with Crippen molar-refractivity contribution < 1.29 is 4.79 Å². The van der Waals surface area contributed by atoms with Gasteiger partial charge in [0.2, 0.25) is 5.91 Å². The maximum atomic E-state index is 12.9. The van der Waals surface area contributed by atoms with Crippen LogP contribution in [0.2, 0.25) is 5.02 Å². The van der Waals surface area contributed by atoms with Crippen molar-refractivity contribution in [2.45, 2.75) is 64.2 Å². The Kier molecular flexibility index (Phi) is 6.23. The number of carbonyl (C=O) groups is 1. The summed E-state index contributed by atoms with van der Waals surface area (Å²) in [6.07, 6.45) is 8.86. The average molecular weight is 450 g/mol. The summed E-state index contributed by atoms with van der Waals surface area (Å²) in [5.74, 6) is 1.99. The number of nitrogens with zero attached hydrogens (tertiary/aromatic N) is 2. The van der Waals surface area contributed by atoms with Crippen LogP contribution < -0.4 is 0 Å². The third kappa shape index (κ3) is 4.43. The highest BCUT2D eigenvalue weighted by Gasteiger charge is 2.28. The Labute approximate surface area is 195 Å². The van der Waals surface area contributed by atoms with E-state index in [0.29, 0.717) is 11.8 Å². The van der Waals surface area contributed by atoms with Gasteiger partial charge in [-0.2, -0.15) is 0 Å². The summed E-state index contributed by atoms with van der Waals surface area (Å²) in [4.78, 5) is 23.2. The van der Waals surface area contributed by atoms with Crippen molar-refractivity contribution in [3.63, 3.8) is 0 Å². The summed E-state index contributed by atoms with van der Waals surface area (Å²) in [6.45, 7) is 4.02. The number of halogens is 1. The molecule has 0 bridgehead atoms. The van der Waals surface area contributed by atoms with Gasteiger partial charge in [-0.3, -0.25) is 4.79 Å². The Morgan fingerprint density at radius 2 is 1.75 bits per heavy atom. The first-order valence-electron chi connectivity index (χ1n) is 12.1. The predicted octanol–water partition coefficient (Wildman–Crippen LogP) is 6.87. The molecule has 2 aromatic carbocycles. The Morgan fingerprint density at radius 1 is 1.00 bits per heavy atom. The van der Waals surface area contributed by atoms with Crippen LogP contribution in [0.25, 0.3) is 22.4 Å². The van der Waals surface area contributed by atoms with Crippen molar-refractivity contribution in [3.8, 4) is 11.4 Å². The average Bonchev–Trinajstić information content (AvgIpc) is 3.43. The fourth-order valence-corrected chi connectivity index (χ4v) is 5.72. The number of aryl methyl sites for hydroxylation is 1. The number of likely N-dealkylation sites (tertiary alicyclic amines) is 1. The van der Waals surface area contributed by atoms with Gasteiger partial charge >= 0.3 is 0 Å². The molecule has 1 amide bonds. The number of carbonyl (C=O) groups excluding carboxylic acids is 1. The highest BCUT2D eigenvalue weighted by Crippen LogP contribution is 2.37. The van der Waals surface area contributed by atoms with E-state index in [2.05, 4.69) is 47.1 Å². The molecular weight excluding hydrogens is 418 g/mol. The monoisotopic (exact) mass is 449 g/mol. The number of H-pyrrole nitrogens is 1. The Hall–Kier alpha value is -2.33. The van der Waals surface area contributed by atoms with Crippen LogP contribution in [-0.4, -0.2) is 33.9 Å². The van der Waals surface area contributed by atoms with E-state index in [1.807, 2.05) is 6.07 Å². The molecule has 168 valence electrons. The van der Waals surface area contributed by atoms with Gasteiger partial charge in [0.25, 0.3) is 0 Å². The van der Waals surface area contributed by atoms with E-state index in [-0.39, 0.29) is 5.92 Å². The first kappa shape index (κ1) is 21.5. The smallest absolute Gasteiger partial charge is 0.225 e. The van der Waals surface area contributed by atoms with E-state index in [1.165, 1.54) is 24.0 Å². The van der Waals surface area contributed by atoms with Crippen molar-refractivity contribution in [2.75, 3.05) is 13.1 Å². The zero-order valence-electron chi connectivity index (χ0n) is 18.9. The largest absolute Gasteiger partial charge is 0.342 e. The van der Waals surface area contributed by atoms with Crippen LogP contribution in [0.15, 0.2) is 36.4 Å². The molecule has 1 saturated heterocycles. The van der Waals surface area contributed by atoms with Crippen molar-refractivity contribution in [2.24, 2.45) is 5.92 Å². The van der Waals surface area contributed by atoms with Crippen molar-refractivity contribution in [3.05, 3.63) is 52.5 Å². The van der Waals surface area contributed by atoms with Gasteiger partial charge in [-0.1, -0.05) is 36.6 Å². The lowest BCUT2D eigenvalue weighted by Gasteiger charge is -2.27. The van der Waals surface area contributed by atoms with Gasteiger partial charge in [-0.15, -0.1) is 0 Å². The molecule has 0 atom stereocenters. The molecule has 3 aromatic rings. The van der Waals surface area contributed by atoms with E-state index in [4.69, 9.17) is 16.6 Å². The number of rotatable bonds is 3. The fraction of sp³-hybridized carbons (Fsp3) is 0.481. The molecule has 5 heteroatoms. The first-order chi connectivity index (χ1) is 15.6. The second-order valence-corrected chi connectivity index (χ2v) is 10.0. The van der Waals surface area contributed by atoms with Gasteiger partial charge in [0, 0.05) is 24.6 Å². The van der Waals surface area contributed by atoms with Crippen molar-refractivity contribution in [1.82, 2.24) is 14.9 Å². The molecule has 0 unspecified atom stereocenters. The molecule has 1 aliphatic heterocycles. The molecule has 4 nitrogen and oxygen atoms in total. The van der Waals surface area contributed by atoms with Gasteiger partial charge < -0.3 is 9.88 Å². The van der Waals surface area contributed by atoms with Crippen molar-refractivity contribution >= 4 is 28.5 Å². The van der Waals surface area contributed by atoms with Gasteiger partial charge in [0.05, 0.1) is 16.1 Å². The number of aromatic nitrogens is 2. The van der Waals surface area contributed by atoms with Crippen LogP contribution in [-0.2, 0) is 4.79 Å². The van der Waals surface area contributed by atoms with Gasteiger partial charge in [-0.05, 0) is 86.8 Å². The highest BCUT2D eigenvalue weighted by atomic mass is 35.5. The van der Waals surface area contributed by atoms with Crippen LogP contribution in [0.4, 0.5) is 0 Å². The molecule has 5 rings (SSSR count). The van der Waals surface area contributed by atoms with Crippen LogP contribution in [0.3, 0.4) is 0 Å². The first-order valence-corrected chi connectivity index (χ1v) is 12.5. The quantitative estimate of drug-likeness (QED) is 0.474. The van der Waals surface area contributed by atoms with E-state index in [0.717, 1.165) is 79.1 Å². The molecule has 1 aromatic heterocycles. The molecule has 1 aliphatic carbocycles. The normalized spacial score (nSPS) is 22.1. The van der Waals surface area contributed by atoms with Gasteiger partial charge in [0.1, 0.15) is 5.82 Å². The van der Waals surface area contributed by atoms with Crippen LogP contribution in [0.5, 0.6) is 0 Å². The van der Waals surface area contributed by atoms with Crippen LogP contribution in [0, 0.1) is 12.8 Å². The van der Waals surface area contributed by atoms with Gasteiger partial charge in [-0.25, -0.2) is 4.98 Å². The van der Waals surface area contributed by atoms with Gasteiger partial charge in [0.15, 0.2) is 0 Å². The minimum Gasteiger partial charge on any atom is -0.342 e. The summed E-state index contributed by atoms with van der Waals surface area (Å²) in [7, 11) is 0. The molecule has 0 spiro atoms. The molecule has 32 heavy (non-hydrogen) atoms. The summed E-state index contributed by atoms with van der Waals surface area (Å²) < 4.78 is 0. The third-order valence-electron chi connectivity index (χ3n) is 7.33. The topological polar surface area (TPSA) is 49.0 Å². The summed E-state index contributed by atoms with van der Waals surface area (Å²) in [5.41, 5.74) is 5.53. The van der Waals surface area contributed by atoms with E-state index < -0.39 is 0 Å². The predicted molar refractivity (Wildman–Crippen MR) is 131 cm³/mol. The lowest BCUT2D eigenvalue weighted by molar-refractivity contribution is -0.135. The van der Waals surface area contributed by atoms with Crippen molar-refractivity contribution in [1.29, 1.82) is 0 Å². The maximum absolute atomic E-state index is 12.9. The molecular formula is C27H32ClN3O. The van der Waals surface area contributed by atoms with E-state index >= 15 is 0 Å². The Morgan fingerprint density at radius 3 is 2.50 bits per heavy atom. The number of amides is 1. The number of hydrogen-bond donors (Lipinski definition) is 1. The highest BCUT2D eigenvalue weighted by molar-refractivity contribution is 6.33. The molecule has 0 radical (unpaired) electrons. The molecule has 2 fully saturated rings. The fourth-order valence-electron chi connectivity index (χ4n) is 5.52. The molecule has 2 heterocycles. The number of hydrogen-bond acceptors (Lipinski definition) is 2. The number of benzene rings is 2. The summed E-state index contributed by atoms with van der Waals surface area (Å²) in [5, 5.41) is 0.728. The minimum atomic E-state index is 0.230. The number of fused-ring (bicyclic) bond motifs is 1. The summed E-state index contributed by atoms with van der Waals surface area (Å²) in [6, 6.07) is 12.7. The zero-order valence-corrected chi connectivity index (χ0v) is 19.6. The maximum Gasteiger partial charge on any atom is 0.225 e. The number of nitrogens with one attached hydrogen (secondary N) is 1. The zero-order chi connectivity index (χ0) is 22.1. The standard InChI is InChI=1S/C27H32ClN3O/c1-18-10-13-24-25(16-18)30-26(29-24)22-17-21(11-12-23(22)28)19-6-4-8-20(9-5-7-19)27(32)31-14-2-3-15-31/h10-13,16-17,19-20H,2-9,14-15H2,1H3,(H,29,30). The van der Waals surface area contributed by atoms with Crippen LogP contribution >= 0.6 is 11.6 Å². The number of imidazole rings is 1. The Bertz CT molecular complexity index is 1110. The minimum absolute atomic E-state index is 0.230. The lowest BCUT2D eigenvalue weighted by Crippen LogP contribution is -2.34. The molecule has 2 aliphatic rings. The third-order valence-corrected chi connectivity index (χ3v) is 7.66. The second kappa shape index (κ2) is 9.27. The molecule has 1 saturated carbocycles. The summed E-state index contributed by atoms with van der Waals surface area (Å²) >= 11 is 6.60. The van der Waals surface area contributed by atoms with E-state index in [9.17, 15) is 4.79 Å².